The van der Waals surface area contributed by atoms with Gasteiger partial charge >= 0.3 is 0 Å². The van der Waals surface area contributed by atoms with Gasteiger partial charge in [0.05, 0.1) is 0 Å². The number of allylic oxidation sites excluding steroid dienone is 2. The second kappa shape index (κ2) is 6.19. The van der Waals surface area contributed by atoms with Crippen LogP contribution in [0, 0.1) is 12.8 Å². The number of amides is 1. The molecule has 0 saturated carbocycles. The van der Waals surface area contributed by atoms with Crippen LogP contribution in [0.1, 0.15) is 35.2 Å². The molecule has 1 unspecified atom stereocenters. The minimum absolute atomic E-state index is 0.0309. The SMILES string of the molecule is Cc1ccc(Br)cc1C(=O)NCC1CC=CCC1. The fourth-order valence-corrected chi connectivity index (χ4v) is 2.57. The summed E-state index contributed by atoms with van der Waals surface area (Å²) in [5.41, 5.74) is 1.77. The summed E-state index contributed by atoms with van der Waals surface area (Å²) in [5.74, 6) is 0.620. The predicted molar refractivity (Wildman–Crippen MR) is 77.7 cm³/mol. The highest BCUT2D eigenvalue weighted by molar-refractivity contribution is 9.10. The first-order chi connectivity index (χ1) is 8.66. The number of carbonyl (C=O) groups excluding carboxylic acids is 1. The highest BCUT2D eigenvalue weighted by Gasteiger charge is 2.13. The van der Waals surface area contributed by atoms with Crippen LogP contribution in [-0.4, -0.2) is 12.5 Å². The van der Waals surface area contributed by atoms with Crippen LogP contribution in [-0.2, 0) is 0 Å². The van der Waals surface area contributed by atoms with Crippen molar-refractivity contribution in [2.75, 3.05) is 6.54 Å². The van der Waals surface area contributed by atoms with Gasteiger partial charge in [0.2, 0.25) is 0 Å². The lowest BCUT2D eigenvalue weighted by atomic mass is 9.94. The third-order valence-electron chi connectivity index (χ3n) is 3.37. The molecule has 0 radical (unpaired) electrons. The van der Waals surface area contributed by atoms with Crippen molar-refractivity contribution in [3.05, 3.63) is 46.0 Å². The zero-order valence-corrected chi connectivity index (χ0v) is 12.2. The first-order valence-corrected chi connectivity index (χ1v) is 7.15. The molecule has 18 heavy (non-hydrogen) atoms. The molecular weight excluding hydrogens is 290 g/mol. The average Bonchev–Trinajstić information content (AvgIpc) is 2.40. The summed E-state index contributed by atoms with van der Waals surface area (Å²) in [4.78, 5) is 12.1. The van der Waals surface area contributed by atoms with Gasteiger partial charge in [-0.05, 0) is 49.8 Å². The number of hydrogen-bond donors (Lipinski definition) is 1. The zero-order valence-electron chi connectivity index (χ0n) is 10.6. The number of benzene rings is 1. The van der Waals surface area contributed by atoms with Gasteiger partial charge < -0.3 is 5.32 Å². The Hall–Kier alpha value is -1.09. The van der Waals surface area contributed by atoms with Crippen molar-refractivity contribution in [3.63, 3.8) is 0 Å². The average molecular weight is 308 g/mol. The maximum absolute atomic E-state index is 12.1. The number of carbonyl (C=O) groups is 1. The monoisotopic (exact) mass is 307 g/mol. The number of halogens is 1. The van der Waals surface area contributed by atoms with Crippen molar-refractivity contribution >= 4 is 21.8 Å². The molecule has 1 aromatic rings. The molecular formula is C15H18BrNO. The fourth-order valence-electron chi connectivity index (χ4n) is 2.21. The molecule has 0 aliphatic heterocycles. The minimum Gasteiger partial charge on any atom is -0.352 e. The van der Waals surface area contributed by atoms with Crippen LogP contribution in [0.15, 0.2) is 34.8 Å². The van der Waals surface area contributed by atoms with Crippen molar-refractivity contribution in [2.24, 2.45) is 5.92 Å². The molecule has 1 N–H and O–H groups in total. The Labute approximate surface area is 117 Å². The lowest BCUT2D eigenvalue weighted by molar-refractivity contribution is 0.0945. The van der Waals surface area contributed by atoms with Crippen LogP contribution in [0.2, 0.25) is 0 Å². The molecule has 0 bridgehead atoms. The molecule has 96 valence electrons. The standard InChI is InChI=1S/C15H18BrNO/c1-11-7-8-13(16)9-14(11)15(18)17-10-12-5-3-2-4-6-12/h2-3,7-9,12H,4-6,10H2,1H3,(H,17,18). The van der Waals surface area contributed by atoms with E-state index in [1.54, 1.807) is 0 Å². The minimum atomic E-state index is 0.0309. The second-order valence-corrected chi connectivity index (χ2v) is 5.74. The van der Waals surface area contributed by atoms with Crippen LogP contribution >= 0.6 is 15.9 Å². The fraction of sp³-hybridized carbons (Fsp3) is 0.400. The van der Waals surface area contributed by atoms with Crippen molar-refractivity contribution in [2.45, 2.75) is 26.2 Å². The molecule has 2 rings (SSSR count). The molecule has 0 spiro atoms. The first-order valence-electron chi connectivity index (χ1n) is 6.36. The van der Waals surface area contributed by atoms with Gasteiger partial charge in [0.15, 0.2) is 0 Å². The van der Waals surface area contributed by atoms with E-state index in [1.807, 2.05) is 25.1 Å². The summed E-state index contributed by atoms with van der Waals surface area (Å²) in [5, 5.41) is 3.04. The van der Waals surface area contributed by atoms with Crippen LogP contribution in [0.4, 0.5) is 0 Å². The predicted octanol–water partition coefficient (Wildman–Crippen LogP) is 3.84. The molecule has 1 aliphatic carbocycles. The molecule has 0 heterocycles. The molecule has 0 aromatic heterocycles. The molecule has 3 heteroatoms. The summed E-state index contributed by atoms with van der Waals surface area (Å²) in [6, 6.07) is 5.80. The van der Waals surface area contributed by atoms with Gasteiger partial charge in [-0.15, -0.1) is 0 Å². The Kier molecular flexibility index (Phi) is 4.59. The summed E-state index contributed by atoms with van der Waals surface area (Å²) >= 11 is 3.40. The van der Waals surface area contributed by atoms with Gasteiger partial charge in [-0.3, -0.25) is 4.79 Å². The number of aryl methyl sites for hydroxylation is 1. The maximum Gasteiger partial charge on any atom is 0.251 e. The third-order valence-corrected chi connectivity index (χ3v) is 3.87. The van der Waals surface area contributed by atoms with Crippen LogP contribution < -0.4 is 5.32 Å². The van der Waals surface area contributed by atoms with E-state index in [1.165, 1.54) is 6.42 Å². The molecule has 1 atom stereocenters. The van der Waals surface area contributed by atoms with Gasteiger partial charge in [0, 0.05) is 16.6 Å². The number of hydrogen-bond acceptors (Lipinski definition) is 1. The Morgan fingerprint density at radius 2 is 2.28 bits per heavy atom. The molecule has 1 aliphatic rings. The Balaban J connectivity index is 1.95. The van der Waals surface area contributed by atoms with E-state index in [0.29, 0.717) is 5.92 Å². The Morgan fingerprint density at radius 3 is 3.00 bits per heavy atom. The van der Waals surface area contributed by atoms with Crippen LogP contribution in [0.5, 0.6) is 0 Å². The first kappa shape index (κ1) is 13.3. The summed E-state index contributed by atoms with van der Waals surface area (Å²) in [6.07, 6.45) is 7.82. The smallest absolute Gasteiger partial charge is 0.251 e. The lowest BCUT2D eigenvalue weighted by Crippen LogP contribution is -2.30. The van der Waals surface area contributed by atoms with E-state index >= 15 is 0 Å². The van der Waals surface area contributed by atoms with Gasteiger partial charge in [0.1, 0.15) is 0 Å². The van der Waals surface area contributed by atoms with E-state index in [9.17, 15) is 4.79 Å². The molecule has 0 saturated heterocycles. The normalized spacial score (nSPS) is 18.7. The van der Waals surface area contributed by atoms with Crippen molar-refractivity contribution in [1.82, 2.24) is 5.32 Å². The van der Waals surface area contributed by atoms with E-state index in [4.69, 9.17) is 0 Å². The topological polar surface area (TPSA) is 29.1 Å². The van der Waals surface area contributed by atoms with Crippen LogP contribution in [0.25, 0.3) is 0 Å². The largest absolute Gasteiger partial charge is 0.352 e. The van der Waals surface area contributed by atoms with Gasteiger partial charge in [0.25, 0.3) is 5.91 Å². The van der Waals surface area contributed by atoms with E-state index in [0.717, 1.165) is 35.0 Å². The van der Waals surface area contributed by atoms with Gasteiger partial charge in [-0.2, -0.15) is 0 Å². The molecule has 1 amide bonds. The van der Waals surface area contributed by atoms with Gasteiger partial charge in [-0.1, -0.05) is 34.1 Å². The summed E-state index contributed by atoms with van der Waals surface area (Å²) in [6.45, 7) is 2.74. The molecule has 1 aromatic carbocycles. The summed E-state index contributed by atoms with van der Waals surface area (Å²) in [7, 11) is 0. The quantitative estimate of drug-likeness (QED) is 0.845. The van der Waals surface area contributed by atoms with Crippen molar-refractivity contribution < 1.29 is 4.79 Å². The van der Waals surface area contributed by atoms with Crippen LogP contribution in [0.3, 0.4) is 0 Å². The highest BCUT2D eigenvalue weighted by Crippen LogP contribution is 2.18. The second-order valence-electron chi connectivity index (χ2n) is 4.82. The Bertz CT molecular complexity index is 468. The summed E-state index contributed by atoms with van der Waals surface area (Å²) < 4.78 is 0.943. The maximum atomic E-state index is 12.1. The number of rotatable bonds is 3. The third kappa shape index (κ3) is 3.45. The van der Waals surface area contributed by atoms with Crippen molar-refractivity contribution in [3.8, 4) is 0 Å². The van der Waals surface area contributed by atoms with E-state index < -0.39 is 0 Å². The Morgan fingerprint density at radius 1 is 1.44 bits per heavy atom. The lowest BCUT2D eigenvalue weighted by Gasteiger charge is -2.18. The molecule has 2 nitrogen and oxygen atoms in total. The number of nitrogens with one attached hydrogen (secondary N) is 1. The van der Waals surface area contributed by atoms with E-state index in [-0.39, 0.29) is 5.91 Å². The van der Waals surface area contributed by atoms with E-state index in [2.05, 4.69) is 33.4 Å². The molecule has 0 fully saturated rings. The van der Waals surface area contributed by atoms with Crippen molar-refractivity contribution in [1.29, 1.82) is 0 Å². The van der Waals surface area contributed by atoms with Gasteiger partial charge in [-0.25, -0.2) is 0 Å². The zero-order chi connectivity index (χ0) is 13.0. The highest BCUT2D eigenvalue weighted by atomic mass is 79.9.